The number of hydrogen-bond donors (Lipinski definition) is 1. The maximum Gasteiger partial charge on any atom is 0.336 e. The second-order valence-electron chi connectivity index (χ2n) is 8.43. The van der Waals surface area contributed by atoms with Gasteiger partial charge in [0.15, 0.2) is 0 Å². The van der Waals surface area contributed by atoms with Crippen LogP contribution in [0.3, 0.4) is 0 Å². The van der Waals surface area contributed by atoms with Crippen LogP contribution in [-0.2, 0) is 4.79 Å². The first-order chi connectivity index (χ1) is 13.7. The second-order valence-corrected chi connectivity index (χ2v) is 8.43. The molecule has 0 bridgehead atoms. The number of allylic oxidation sites excluding steroid dienone is 2. The number of carboxylic acids is 1. The summed E-state index contributed by atoms with van der Waals surface area (Å²) in [4.78, 5) is 22.7. The summed E-state index contributed by atoms with van der Waals surface area (Å²) >= 11 is 0. The Labute approximate surface area is 170 Å². The van der Waals surface area contributed by atoms with Gasteiger partial charge < -0.3 is 14.3 Å². The molecule has 1 heterocycles. The van der Waals surface area contributed by atoms with Crippen LogP contribution in [0, 0.1) is 17.3 Å². The van der Waals surface area contributed by atoms with Crippen molar-refractivity contribution in [1.29, 1.82) is 0 Å². The molecule has 5 heteroatoms. The summed E-state index contributed by atoms with van der Waals surface area (Å²) < 4.78 is 11.3. The predicted molar refractivity (Wildman–Crippen MR) is 113 cm³/mol. The van der Waals surface area contributed by atoms with Crippen molar-refractivity contribution in [3.8, 4) is 5.75 Å². The lowest BCUT2D eigenvalue weighted by molar-refractivity contribution is -0.138. The molecule has 0 spiro atoms. The van der Waals surface area contributed by atoms with Crippen molar-refractivity contribution in [2.24, 2.45) is 17.3 Å². The van der Waals surface area contributed by atoms with Crippen LogP contribution in [0.25, 0.3) is 11.0 Å². The topological polar surface area (TPSA) is 76.7 Å². The molecule has 1 aromatic heterocycles. The first-order valence-electron chi connectivity index (χ1n) is 9.90. The van der Waals surface area contributed by atoms with E-state index < -0.39 is 11.6 Å². The molecule has 0 aliphatic heterocycles. The van der Waals surface area contributed by atoms with Gasteiger partial charge in [0.05, 0.1) is 6.61 Å². The van der Waals surface area contributed by atoms with Crippen LogP contribution in [0.2, 0.25) is 0 Å². The molecule has 5 nitrogen and oxygen atoms in total. The fourth-order valence-electron chi connectivity index (χ4n) is 4.31. The lowest BCUT2D eigenvalue weighted by atomic mass is 9.61. The molecule has 1 N–H and O–H groups in total. The minimum absolute atomic E-state index is 0.0935. The van der Waals surface area contributed by atoms with Crippen molar-refractivity contribution in [1.82, 2.24) is 0 Å². The Hall–Kier alpha value is -2.82. The molecule has 154 valence electrons. The van der Waals surface area contributed by atoms with Crippen LogP contribution in [-0.4, -0.2) is 17.7 Å². The summed E-state index contributed by atoms with van der Waals surface area (Å²) in [6, 6.07) is 8.56. The molecular weight excluding hydrogens is 368 g/mol. The number of carboxylic acid groups (broad SMARTS) is 1. The third-order valence-electron chi connectivity index (χ3n) is 6.10. The highest BCUT2D eigenvalue weighted by Crippen LogP contribution is 2.48. The SMILES string of the molecule is C=C(C)[C@@H]1C=C(C)[C@H](COc2ccc3ccc(=O)oc3c2)[C@](C)(CCC(=O)O)C1. The molecule has 0 radical (unpaired) electrons. The van der Waals surface area contributed by atoms with Crippen LogP contribution in [0.4, 0.5) is 0 Å². The second kappa shape index (κ2) is 8.27. The van der Waals surface area contributed by atoms with E-state index >= 15 is 0 Å². The number of ether oxygens (including phenoxy) is 1. The third kappa shape index (κ3) is 4.78. The minimum atomic E-state index is -0.783. The molecule has 1 aromatic carbocycles. The molecule has 0 saturated carbocycles. The quantitative estimate of drug-likeness (QED) is 0.514. The summed E-state index contributed by atoms with van der Waals surface area (Å²) in [5.41, 5.74) is 2.18. The van der Waals surface area contributed by atoms with Crippen molar-refractivity contribution in [3.05, 3.63) is 64.6 Å². The fourth-order valence-corrected chi connectivity index (χ4v) is 4.31. The van der Waals surface area contributed by atoms with Gasteiger partial charge in [-0.05, 0) is 56.2 Å². The molecule has 0 amide bonds. The minimum Gasteiger partial charge on any atom is -0.493 e. The van der Waals surface area contributed by atoms with Gasteiger partial charge in [-0.1, -0.05) is 30.7 Å². The first-order valence-corrected chi connectivity index (χ1v) is 9.90. The number of aliphatic carboxylic acids is 1. The Morgan fingerprint density at radius 2 is 2.07 bits per heavy atom. The van der Waals surface area contributed by atoms with Gasteiger partial charge in [0, 0.05) is 29.9 Å². The van der Waals surface area contributed by atoms with E-state index in [0.29, 0.717) is 24.4 Å². The van der Waals surface area contributed by atoms with Gasteiger partial charge in [0.2, 0.25) is 0 Å². The Balaban J connectivity index is 1.83. The van der Waals surface area contributed by atoms with Gasteiger partial charge in [0.25, 0.3) is 0 Å². The molecule has 29 heavy (non-hydrogen) atoms. The summed E-state index contributed by atoms with van der Waals surface area (Å²) in [5, 5.41) is 10.1. The van der Waals surface area contributed by atoms with Gasteiger partial charge >= 0.3 is 11.6 Å². The van der Waals surface area contributed by atoms with E-state index in [1.54, 1.807) is 12.1 Å². The van der Waals surface area contributed by atoms with Crippen LogP contribution < -0.4 is 10.4 Å². The summed E-state index contributed by atoms with van der Waals surface area (Å²) in [5.74, 6) is 0.188. The zero-order valence-electron chi connectivity index (χ0n) is 17.2. The molecule has 2 aromatic rings. The number of carbonyl (C=O) groups is 1. The van der Waals surface area contributed by atoms with Gasteiger partial charge in [0.1, 0.15) is 11.3 Å². The predicted octanol–water partition coefficient (Wildman–Crippen LogP) is 5.20. The molecule has 1 aliphatic rings. The van der Waals surface area contributed by atoms with Crippen molar-refractivity contribution in [3.63, 3.8) is 0 Å². The lowest BCUT2D eigenvalue weighted by Gasteiger charge is -2.44. The molecule has 3 rings (SSSR count). The largest absolute Gasteiger partial charge is 0.493 e. The monoisotopic (exact) mass is 396 g/mol. The summed E-state index contributed by atoms with van der Waals surface area (Å²) in [7, 11) is 0. The van der Waals surface area contributed by atoms with Crippen molar-refractivity contribution in [2.75, 3.05) is 6.61 Å². The average Bonchev–Trinajstić information content (AvgIpc) is 2.65. The zero-order chi connectivity index (χ0) is 21.2. The van der Waals surface area contributed by atoms with Gasteiger partial charge in [-0.3, -0.25) is 4.79 Å². The Bertz CT molecular complexity index is 1020. The number of hydrogen-bond acceptors (Lipinski definition) is 4. The number of benzene rings is 1. The van der Waals surface area contributed by atoms with Gasteiger partial charge in [-0.2, -0.15) is 0 Å². The van der Waals surface area contributed by atoms with Gasteiger partial charge in [-0.15, -0.1) is 0 Å². The Kier molecular flexibility index (Phi) is 5.96. The van der Waals surface area contributed by atoms with E-state index in [0.717, 1.165) is 17.4 Å². The Morgan fingerprint density at radius 1 is 1.34 bits per heavy atom. The maximum absolute atomic E-state index is 11.5. The van der Waals surface area contributed by atoms with Crippen molar-refractivity contribution in [2.45, 2.75) is 40.0 Å². The zero-order valence-corrected chi connectivity index (χ0v) is 17.2. The van der Waals surface area contributed by atoms with Crippen LogP contribution in [0.1, 0.15) is 40.0 Å². The highest BCUT2D eigenvalue weighted by molar-refractivity contribution is 5.77. The van der Waals surface area contributed by atoms with E-state index in [9.17, 15) is 14.7 Å². The smallest absolute Gasteiger partial charge is 0.336 e. The van der Waals surface area contributed by atoms with E-state index in [4.69, 9.17) is 9.15 Å². The third-order valence-corrected chi connectivity index (χ3v) is 6.10. The van der Waals surface area contributed by atoms with E-state index in [1.807, 2.05) is 19.1 Å². The van der Waals surface area contributed by atoms with Crippen LogP contribution in [0.5, 0.6) is 5.75 Å². The standard InChI is InChI=1S/C24H28O5/c1-15(2)18-11-16(3)20(24(4,13-18)10-9-22(25)26)14-28-19-7-5-17-6-8-23(27)29-21(17)12-19/h5-8,11-12,18,20H,1,9-10,13-14H2,2-4H3,(H,25,26)/t18-,20+,24-/m1/s1. The van der Waals surface area contributed by atoms with Crippen molar-refractivity contribution >= 4 is 16.9 Å². The highest BCUT2D eigenvalue weighted by atomic mass is 16.5. The van der Waals surface area contributed by atoms with Crippen molar-refractivity contribution < 1.29 is 19.1 Å². The molecule has 3 atom stereocenters. The van der Waals surface area contributed by atoms with E-state index in [2.05, 4.69) is 26.5 Å². The summed E-state index contributed by atoms with van der Waals surface area (Å²) in [6.45, 7) is 10.8. The maximum atomic E-state index is 11.5. The lowest BCUT2D eigenvalue weighted by Crippen LogP contribution is -2.38. The molecule has 0 saturated heterocycles. The summed E-state index contributed by atoms with van der Waals surface area (Å²) in [6.07, 6.45) is 3.80. The normalized spacial score (nSPS) is 24.2. The molecule has 1 aliphatic carbocycles. The van der Waals surface area contributed by atoms with E-state index in [1.165, 1.54) is 11.6 Å². The highest BCUT2D eigenvalue weighted by Gasteiger charge is 2.41. The first kappa shape index (κ1) is 20.9. The van der Waals surface area contributed by atoms with Gasteiger partial charge in [-0.25, -0.2) is 4.79 Å². The number of fused-ring (bicyclic) bond motifs is 1. The van der Waals surface area contributed by atoms with Crippen LogP contribution in [0.15, 0.2) is 63.3 Å². The Morgan fingerprint density at radius 3 is 2.76 bits per heavy atom. The molecular formula is C24H28O5. The molecule has 0 unspecified atom stereocenters. The average molecular weight is 396 g/mol. The van der Waals surface area contributed by atoms with Crippen LogP contribution >= 0.6 is 0 Å². The molecule has 0 fully saturated rings. The van der Waals surface area contributed by atoms with E-state index in [-0.39, 0.29) is 23.7 Å². The fraction of sp³-hybridized carbons (Fsp3) is 0.417. The number of rotatable bonds is 7.